The topological polar surface area (TPSA) is 21.3 Å². The smallest absolute Gasteiger partial charge is 0.123 e. The highest BCUT2D eigenvalue weighted by Crippen LogP contribution is 2.31. The summed E-state index contributed by atoms with van der Waals surface area (Å²) >= 11 is 0. The van der Waals surface area contributed by atoms with Crippen LogP contribution in [-0.4, -0.2) is 14.2 Å². The number of nitrogens with one attached hydrogen (secondary N) is 1. The molecule has 1 unspecified atom stereocenters. The van der Waals surface area contributed by atoms with Crippen LogP contribution in [0.3, 0.4) is 0 Å². The maximum atomic E-state index is 5.49. The summed E-state index contributed by atoms with van der Waals surface area (Å²) in [6, 6.07) is 17.1. The van der Waals surface area contributed by atoms with Crippen LogP contribution >= 0.6 is 0 Å². The van der Waals surface area contributed by atoms with Gasteiger partial charge in [-0.3, -0.25) is 0 Å². The monoisotopic (exact) mass is 283 g/mol. The first-order chi connectivity index (χ1) is 9.97. The normalized spacial score (nSPS) is 13.0. The molecule has 0 bridgehead atoms. The average Bonchev–Trinajstić information content (AvgIpc) is 2.48. The van der Waals surface area contributed by atoms with Gasteiger partial charge >= 0.3 is 0 Å². The van der Waals surface area contributed by atoms with Gasteiger partial charge in [-0.2, -0.15) is 0 Å². The molecule has 2 nitrogen and oxygen atoms in total. The van der Waals surface area contributed by atoms with E-state index in [1.807, 2.05) is 25.2 Å². The van der Waals surface area contributed by atoms with Gasteiger partial charge in [-0.05, 0) is 29.7 Å². The van der Waals surface area contributed by atoms with Gasteiger partial charge in [-0.15, -0.1) is 0 Å². The summed E-state index contributed by atoms with van der Waals surface area (Å²) < 4.78 is 5.49. The molecular formula is C19H25NO. The Kier molecular flexibility index (Phi) is 4.69. The molecule has 2 rings (SSSR count). The first-order valence-electron chi connectivity index (χ1n) is 7.38. The van der Waals surface area contributed by atoms with Crippen LogP contribution in [0, 0.1) is 0 Å². The zero-order valence-corrected chi connectivity index (χ0v) is 13.6. The van der Waals surface area contributed by atoms with Gasteiger partial charge in [0.15, 0.2) is 0 Å². The van der Waals surface area contributed by atoms with Crippen LogP contribution in [-0.2, 0) is 5.41 Å². The zero-order chi connectivity index (χ0) is 15.5. The van der Waals surface area contributed by atoms with Gasteiger partial charge in [0.25, 0.3) is 0 Å². The Morgan fingerprint density at radius 3 is 2.10 bits per heavy atom. The maximum Gasteiger partial charge on any atom is 0.123 e. The third-order valence-electron chi connectivity index (χ3n) is 3.85. The third kappa shape index (κ3) is 3.45. The quantitative estimate of drug-likeness (QED) is 0.903. The second kappa shape index (κ2) is 6.31. The van der Waals surface area contributed by atoms with Crippen LogP contribution in [0.2, 0.25) is 0 Å². The predicted molar refractivity (Wildman–Crippen MR) is 89.0 cm³/mol. The van der Waals surface area contributed by atoms with Crippen molar-refractivity contribution in [1.29, 1.82) is 0 Å². The largest absolute Gasteiger partial charge is 0.496 e. The molecule has 0 spiro atoms. The number of para-hydroxylation sites is 1. The van der Waals surface area contributed by atoms with Crippen LogP contribution < -0.4 is 10.1 Å². The minimum atomic E-state index is 0.134. The summed E-state index contributed by atoms with van der Waals surface area (Å²) in [5.74, 6) is 0.914. The molecule has 2 aromatic rings. The first kappa shape index (κ1) is 15.6. The van der Waals surface area contributed by atoms with Crippen molar-refractivity contribution in [2.75, 3.05) is 14.2 Å². The Hall–Kier alpha value is -1.80. The number of hydrogen-bond acceptors (Lipinski definition) is 2. The number of ether oxygens (including phenoxy) is 1. The molecule has 0 saturated heterocycles. The molecule has 0 amide bonds. The molecule has 0 aliphatic heterocycles. The second-order valence-corrected chi connectivity index (χ2v) is 6.34. The fourth-order valence-electron chi connectivity index (χ4n) is 2.58. The summed E-state index contributed by atoms with van der Waals surface area (Å²) in [7, 11) is 3.70. The Labute approximate surface area is 128 Å². The Bertz CT molecular complexity index is 581. The van der Waals surface area contributed by atoms with Gasteiger partial charge in [-0.1, -0.05) is 63.2 Å². The summed E-state index contributed by atoms with van der Waals surface area (Å²) in [5.41, 5.74) is 3.93. The highest BCUT2D eigenvalue weighted by molar-refractivity contribution is 5.42. The summed E-state index contributed by atoms with van der Waals surface area (Å²) in [6.45, 7) is 6.70. The fourth-order valence-corrected chi connectivity index (χ4v) is 2.58. The Balaban J connectivity index is 2.38. The molecule has 0 aliphatic carbocycles. The zero-order valence-electron chi connectivity index (χ0n) is 13.6. The molecule has 0 fully saturated rings. The molecule has 0 aromatic heterocycles. The highest BCUT2D eigenvalue weighted by Gasteiger charge is 2.18. The lowest BCUT2D eigenvalue weighted by atomic mass is 9.85. The van der Waals surface area contributed by atoms with E-state index >= 15 is 0 Å². The van der Waals surface area contributed by atoms with E-state index in [0.717, 1.165) is 11.3 Å². The third-order valence-corrected chi connectivity index (χ3v) is 3.85. The van der Waals surface area contributed by atoms with Gasteiger partial charge in [-0.25, -0.2) is 0 Å². The van der Waals surface area contributed by atoms with Crippen molar-refractivity contribution in [2.45, 2.75) is 32.2 Å². The molecule has 0 aliphatic rings. The van der Waals surface area contributed by atoms with Crippen molar-refractivity contribution >= 4 is 0 Å². The molecule has 21 heavy (non-hydrogen) atoms. The molecule has 1 atom stereocenters. The number of benzene rings is 2. The van der Waals surface area contributed by atoms with Crippen molar-refractivity contribution in [1.82, 2.24) is 5.32 Å². The molecule has 2 aromatic carbocycles. The number of hydrogen-bond donors (Lipinski definition) is 1. The highest BCUT2D eigenvalue weighted by atomic mass is 16.5. The molecule has 0 saturated carbocycles. The van der Waals surface area contributed by atoms with Crippen LogP contribution in [0.5, 0.6) is 5.75 Å². The average molecular weight is 283 g/mol. The van der Waals surface area contributed by atoms with Crippen molar-refractivity contribution < 1.29 is 4.74 Å². The maximum absolute atomic E-state index is 5.49. The molecule has 1 N–H and O–H groups in total. The molecular weight excluding hydrogens is 258 g/mol. The van der Waals surface area contributed by atoms with Crippen molar-refractivity contribution in [3.63, 3.8) is 0 Å². The Morgan fingerprint density at radius 2 is 1.57 bits per heavy atom. The summed E-state index contributed by atoms with van der Waals surface area (Å²) in [5, 5.41) is 3.39. The van der Waals surface area contributed by atoms with Crippen LogP contribution in [0.25, 0.3) is 0 Å². The minimum absolute atomic E-state index is 0.134. The lowest BCUT2D eigenvalue weighted by Gasteiger charge is -2.22. The van der Waals surface area contributed by atoms with Crippen LogP contribution in [0.15, 0.2) is 48.5 Å². The molecule has 112 valence electrons. The van der Waals surface area contributed by atoms with E-state index in [1.165, 1.54) is 11.1 Å². The van der Waals surface area contributed by atoms with E-state index in [0.29, 0.717) is 0 Å². The van der Waals surface area contributed by atoms with E-state index in [4.69, 9.17) is 4.74 Å². The van der Waals surface area contributed by atoms with Gasteiger partial charge in [0.1, 0.15) is 5.75 Å². The summed E-state index contributed by atoms with van der Waals surface area (Å²) in [6.07, 6.45) is 0. The van der Waals surface area contributed by atoms with E-state index in [-0.39, 0.29) is 11.5 Å². The minimum Gasteiger partial charge on any atom is -0.496 e. The predicted octanol–water partition coefficient (Wildman–Crippen LogP) is 4.30. The summed E-state index contributed by atoms with van der Waals surface area (Å²) in [4.78, 5) is 0. The van der Waals surface area contributed by atoms with Crippen molar-refractivity contribution in [2.24, 2.45) is 0 Å². The fraction of sp³-hybridized carbons (Fsp3) is 0.368. The number of methoxy groups -OCH3 is 1. The molecule has 0 radical (unpaired) electrons. The van der Waals surface area contributed by atoms with Crippen molar-refractivity contribution in [3.05, 3.63) is 65.2 Å². The van der Waals surface area contributed by atoms with E-state index in [2.05, 4.69) is 56.4 Å². The molecule has 2 heteroatoms. The van der Waals surface area contributed by atoms with Gasteiger partial charge in [0.05, 0.1) is 13.2 Å². The van der Waals surface area contributed by atoms with Crippen LogP contribution in [0.1, 0.15) is 43.5 Å². The lowest BCUT2D eigenvalue weighted by Crippen LogP contribution is -2.19. The van der Waals surface area contributed by atoms with E-state index in [1.54, 1.807) is 7.11 Å². The van der Waals surface area contributed by atoms with Crippen LogP contribution in [0.4, 0.5) is 0 Å². The van der Waals surface area contributed by atoms with E-state index in [9.17, 15) is 0 Å². The van der Waals surface area contributed by atoms with Gasteiger partial charge in [0.2, 0.25) is 0 Å². The van der Waals surface area contributed by atoms with Gasteiger partial charge in [0, 0.05) is 5.56 Å². The van der Waals surface area contributed by atoms with Crippen molar-refractivity contribution in [3.8, 4) is 5.75 Å². The first-order valence-corrected chi connectivity index (χ1v) is 7.38. The lowest BCUT2D eigenvalue weighted by molar-refractivity contribution is 0.405. The molecule has 0 heterocycles. The van der Waals surface area contributed by atoms with E-state index < -0.39 is 0 Å². The number of rotatable bonds is 4. The SMILES string of the molecule is CNC(c1ccc(C(C)(C)C)cc1)c1ccccc1OC. The van der Waals surface area contributed by atoms with Gasteiger partial charge < -0.3 is 10.1 Å². The second-order valence-electron chi connectivity index (χ2n) is 6.34. The standard InChI is InChI=1S/C19H25NO/c1-19(2,3)15-12-10-14(11-13-15)18(20-4)16-8-6-7-9-17(16)21-5/h6-13,18,20H,1-5H3. The Morgan fingerprint density at radius 1 is 0.952 bits per heavy atom.